The number of amidine groups is 2. The fraction of sp³-hybridized carbons (Fsp3) is 0.333. The van der Waals surface area contributed by atoms with E-state index < -0.39 is 5.91 Å². The number of hydrogen-bond donors (Lipinski definition) is 1. The Morgan fingerprint density at radius 1 is 1.08 bits per heavy atom. The predicted octanol–water partition coefficient (Wildman–Crippen LogP) is 7.01. The van der Waals surface area contributed by atoms with Crippen molar-refractivity contribution in [2.24, 2.45) is 10.1 Å². The number of aromatic nitrogens is 1. The minimum absolute atomic E-state index is 0.0769. The number of fused-ring (bicyclic) bond motifs is 2. The van der Waals surface area contributed by atoms with Crippen molar-refractivity contribution >= 4 is 50.7 Å². The quantitative estimate of drug-likeness (QED) is 0.215. The first-order valence-electron chi connectivity index (χ1n) is 13.3. The number of para-hydroxylation sites is 1. The van der Waals surface area contributed by atoms with E-state index in [2.05, 4.69) is 27.7 Å². The Labute approximate surface area is 227 Å². The van der Waals surface area contributed by atoms with Gasteiger partial charge in [0, 0.05) is 22.7 Å². The van der Waals surface area contributed by atoms with Crippen LogP contribution in [0.4, 0.5) is 0 Å². The first-order valence-corrected chi connectivity index (χ1v) is 14.1. The van der Waals surface area contributed by atoms with Crippen LogP contribution >= 0.6 is 11.8 Å². The molecule has 2 aliphatic rings. The molecular weight excluding hydrogens is 494 g/mol. The SMILES string of the molecule is CCCCCCCC1=NN2C(=N)C(=Cc3cn(CCOc4cccc(C)c4)c4ccccc34)C(=O)N=C2S1. The first-order chi connectivity index (χ1) is 18.5. The van der Waals surface area contributed by atoms with Gasteiger partial charge in [0.15, 0.2) is 5.84 Å². The molecule has 0 saturated heterocycles. The van der Waals surface area contributed by atoms with Crippen LogP contribution in [0, 0.1) is 12.3 Å². The highest BCUT2D eigenvalue weighted by Crippen LogP contribution is 2.31. The molecule has 3 aromatic rings. The van der Waals surface area contributed by atoms with Gasteiger partial charge in [-0.15, -0.1) is 0 Å². The second kappa shape index (κ2) is 11.8. The summed E-state index contributed by atoms with van der Waals surface area (Å²) in [5.41, 5.74) is 3.33. The summed E-state index contributed by atoms with van der Waals surface area (Å²) in [5, 5.41) is 17.3. The van der Waals surface area contributed by atoms with Crippen LogP contribution in [0.2, 0.25) is 0 Å². The topological polar surface area (TPSA) is 83.0 Å². The lowest BCUT2D eigenvalue weighted by atomic mass is 10.1. The third-order valence-electron chi connectivity index (χ3n) is 6.70. The summed E-state index contributed by atoms with van der Waals surface area (Å²) in [6.07, 6.45) is 10.6. The van der Waals surface area contributed by atoms with E-state index in [9.17, 15) is 4.79 Å². The molecule has 0 unspecified atom stereocenters. The first kappa shape index (κ1) is 26.0. The van der Waals surface area contributed by atoms with Gasteiger partial charge in [0.2, 0.25) is 5.17 Å². The summed E-state index contributed by atoms with van der Waals surface area (Å²) in [6, 6.07) is 16.1. The lowest BCUT2D eigenvalue weighted by molar-refractivity contribution is -0.114. The summed E-state index contributed by atoms with van der Waals surface area (Å²) >= 11 is 1.41. The summed E-state index contributed by atoms with van der Waals surface area (Å²) in [4.78, 5) is 17.2. The number of ether oxygens (including phenoxy) is 1. The zero-order valence-electron chi connectivity index (χ0n) is 21.9. The van der Waals surface area contributed by atoms with Crippen LogP contribution in [0.3, 0.4) is 0 Å². The maximum atomic E-state index is 13.0. The average Bonchev–Trinajstić information content (AvgIpc) is 3.48. The Morgan fingerprint density at radius 3 is 2.76 bits per heavy atom. The molecule has 2 aliphatic heterocycles. The molecule has 0 radical (unpaired) electrons. The van der Waals surface area contributed by atoms with Gasteiger partial charge in [-0.05, 0) is 61.4 Å². The number of benzene rings is 2. The highest BCUT2D eigenvalue weighted by atomic mass is 32.2. The van der Waals surface area contributed by atoms with Crippen LogP contribution in [0.5, 0.6) is 5.75 Å². The van der Waals surface area contributed by atoms with Gasteiger partial charge in [-0.3, -0.25) is 10.2 Å². The number of hydrogen-bond acceptors (Lipinski definition) is 5. The van der Waals surface area contributed by atoms with Crippen LogP contribution < -0.4 is 4.74 Å². The third-order valence-corrected chi connectivity index (χ3v) is 7.67. The van der Waals surface area contributed by atoms with E-state index in [1.165, 1.54) is 42.5 Å². The van der Waals surface area contributed by atoms with Crippen LogP contribution in [-0.2, 0) is 11.3 Å². The summed E-state index contributed by atoms with van der Waals surface area (Å²) in [7, 11) is 0. The Balaban J connectivity index is 1.33. The van der Waals surface area contributed by atoms with E-state index in [0.717, 1.165) is 45.7 Å². The molecule has 0 aliphatic carbocycles. The Bertz CT molecular complexity index is 1450. The van der Waals surface area contributed by atoms with Gasteiger partial charge in [0.1, 0.15) is 17.4 Å². The van der Waals surface area contributed by atoms with Crippen molar-refractivity contribution in [1.82, 2.24) is 9.58 Å². The number of rotatable bonds is 11. The van der Waals surface area contributed by atoms with Crippen LogP contribution in [-0.4, -0.2) is 38.1 Å². The van der Waals surface area contributed by atoms with Crippen molar-refractivity contribution in [2.75, 3.05) is 6.61 Å². The summed E-state index contributed by atoms with van der Waals surface area (Å²) < 4.78 is 8.10. The Kier molecular flexibility index (Phi) is 8.08. The molecule has 3 heterocycles. The molecule has 0 atom stereocenters. The van der Waals surface area contributed by atoms with E-state index >= 15 is 0 Å². The lowest BCUT2D eigenvalue weighted by Gasteiger charge is -2.20. The molecule has 0 fully saturated rings. The number of carbonyl (C=O) groups is 1. The van der Waals surface area contributed by atoms with Crippen molar-refractivity contribution < 1.29 is 9.53 Å². The lowest BCUT2D eigenvalue weighted by Crippen LogP contribution is -2.35. The molecule has 38 heavy (non-hydrogen) atoms. The van der Waals surface area contributed by atoms with Crippen molar-refractivity contribution in [2.45, 2.75) is 58.9 Å². The minimum atomic E-state index is -0.396. The largest absolute Gasteiger partial charge is 0.492 e. The van der Waals surface area contributed by atoms with Crippen molar-refractivity contribution in [3.8, 4) is 5.75 Å². The third kappa shape index (κ3) is 5.75. The maximum Gasteiger partial charge on any atom is 0.283 e. The van der Waals surface area contributed by atoms with Crippen molar-refractivity contribution in [3.63, 3.8) is 0 Å². The molecule has 1 amide bonds. The molecule has 0 saturated carbocycles. The molecule has 8 heteroatoms. The molecule has 1 N–H and O–H groups in total. The Hall–Kier alpha value is -3.65. The molecule has 2 aromatic carbocycles. The van der Waals surface area contributed by atoms with Gasteiger partial charge in [-0.1, -0.05) is 62.9 Å². The van der Waals surface area contributed by atoms with Crippen molar-refractivity contribution in [3.05, 3.63) is 71.4 Å². The Morgan fingerprint density at radius 2 is 1.92 bits per heavy atom. The van der Waals surface area contributed by atoms with E-state index in [1.54, 1.807) is 6.08 Å². The number of thioether (sulfide) groups is 1. The average molecular weight is 528 g/mol. The van der Waals surface area contributed by atoms with Crippen LogP contribution in [0.15, 0.2) is 70.4 Å². The monoisotopic (exact) mass is 527 g/mol. The van der Waals surface area contributed by atoms with Gasteiger partial charge in [0.05, 0.1) is 12.1 Å². The second-order valence-corrected chi connectivity index (χ2v) is 10.7. The number of carbonyl (C=O) groups excluding carboxylic acids is 1. The molecule has 5 rings (SSSR count). The zero-order valence-corrected chi connectivity index (χ0v) is 22.8. The number of aryl methyl sites for hydroxylation is 1. The smallest absolute Gasteiger partial charge is 0.283 e. The standard InChI is InChI=1S/C30H33N5O2S/c1-3-4-5-6-7-15-27-33-35-28(31)25(29(36)32-30(35)38-27)19-22-20-34(26-14-9-8-13-24(22)26)16-17-37-23-12-10-11-21(2)18-23/h8-14,18-20,31H,3-7,15-17H2,1-2H3. The normalized spacial score (nSPS) is 16.3. The van der Waals surface area contributed by atoms with Crippen LogP contribution in [0.1, 0.15) is 56.6 Å². The molecular formula is C30H33N5O2S. The van der Waals surface area contributed by atoms with E-state index in [0.29, 0.717) is 18.3 Å². The van der Waals surface area contributed by atoms with Gasteiger partial charge >= 0.3 is 0 Å². The second-order valence-electron chi connectivity index (χ2n) is 9.64. The highest BCUT2D eigenvalue weighted by Gasteiger charge is 2.35. The minimum Gasteiger partial charge on any atom is -0.492 e. The summed E-state index contributed by atoms with van der Waals surface area (Å²) in [6.45, 7) is 5.42. The molecule has 1 aromatic heterocycles. The van der Waals surface area contributed by atoms with E-state index in [1.807, 2.05) is 55.6 Å². The number of unbranched alkanes of at least 4 members (excludes halogenated alkanes) is 4. The molecule has 0 spiro atoms. The van der Waals surface area contributed by atoms with Gasteiger partial charge < -0.3 is 9.30 Å². The number of hydrazone groups is 1. The fourth-order valence-electron chi connectivity index (χ4n) is 4.71. The van der Waals surface area contributed by atoms with E-state index in [-0.39, 0.29) is 11.4 Å². The maximum absolute atomic E-state index is 13.0. The number of nitrogens with zero attached hydrogens (tertiary/aromatic N) is 4. The molecule has 196 valence electrons. The fourth-order valence-corrected chi connectivity index (χ4v) is 5.64. The molecule has 7 nitrogen and oxygen atoms in total. The van der Waals surface area contributed by atoms with Gasteiger partial charge in [-0.25, -0.2) is 0 Å². The predicted molar refractivity (Wildman–Crippen MR) is 157 cm³/mol. The van der Waals surface area contributed by atoms with Gasteiger partial charge in [-0.2, -0.15) is 15.1 Å². The number of amides is 1. The summed E-state index contributed by atoms with van der Waals surface area (Å²) in [5.74, 6) is 0.531. The molecule has 0 bridgehead atoms. The van der Waals surface area contributed by atoms with Crippen molar-refractivity contribution in [1.29, 1.82) is 5.41 Å². The van der Waals surface area contributed by atoms with Gasteiger partial charge in [0.25, 0.3) is 5.91 Å². The highest BCUT2D eigenvalue weighted by molar-refractivity contribution is 8.26. The zero-order chi connectivity index (χ0) is 26.5. The number of aliphatic imine (C=N–C) groups is 1. The number of nitrogens with one attached hydrogen (secondary N) is 1. The van der Waals surface area contributed by atoms with E-state index in [4.69, 9.17) is 10.1 Å². The van der Waals surface area contributed by atoms with Crippen LogP contribution in [0.25, 0.3) is 17.0 Å².